The van der Waals surface area contributed by atoms with Crippen LogP contribution < -0.4 is 10.2 Å². The lowest BCUT2D eigenvalue weighted by Crippen LogP contribution is -2.52. The molecule has 0 atom stereocenters. The lowest BCUT2D eigenvalue weighted by Gasteiger charge is -2.37. The summed E-state index contributed by atoms with van der Waals surface area (Å²) in [5, 5.41) is 3.53. The number of pyridine rings is 1. The summed E-state index contributed by atoms with van der Waals surface area (Å²) in [4.78, 5) is 16.1. The lowest BCUT2D eigenvalue weighted by molar-refractivity contribution is 0.296. The van der Waals surface area contributed by atoms with Gasteiger partial charge in [0.1, 0.15) is 5.82 Å². The normalized spacial score (nSPS) is 15.2. The third-order valence-corrected chi connectivity index (χ3v) is 4.84. The smallest absolute Gasteiger partial charge is 0.193 e. The summed E-state index contributed by atoms with van der Waals surface area (Å²) in [6, 6.07) is 6.10. The standard InChI is InChI=1S/C19H34N6.HI/c1-4-23(5-2)13-9-8-12-22-19(20-3)25-16-14-24(15-17-25)18-10-6-7-11-21-18;/h6-7,10-11H,4-5,8-9,12-17H2,1-3H3,(H,20,22);1H. The minimum absolute atomic E-state index is 0. The zero-order chi connectivity index (χ0) is 17.9. The fraction of sp³-hybridized carbons (Fsp3) is 0.684. The molecule has 2 heterocycles. The van der Waals surface area contributed by atoms with Gasteiger partial charge >= 0.3 is 0 Å². The third-order valence-electron chi connectivity index (χ3n) is 4.84. The van der Waals surface area contributed by atoms with E-state index in [4.69, 9.17) is 0 Å². The van der Waals surface area contributed by atoms with E-state index in [1.807, 2.05) is 25.4 Å². The first-order valence-electron chi connectivity index (χ1n) is 9.62. The monoisotopic (exact) mass is 474 g/mol. The fourth-order valence-electron chi connectivity index (χ4n) is 3.22. The van der Waals surface area contributed by atoms with Crippen LogP contribution in [-0.2, 0) is 0 Å². The molecule has 1 aromatic rings. The minimum atomic E-state index is 0. The molecular formula is C19H35IN6. The third kappa shape index (κ3) is 7.26. The van der Waals surface area contributed by atoms with Crippen LogP contribution >= 0.6 is 24.0 Å². The number of unbranched alkanes of at least 4 members (excludes halogenated alkanes) is 1. The lowest BCUT2D eigenvalue weighted by atomic mass is 10.3. The van der Waals surface area contributed by atoms with Gasteiger partial charge in [-0.1, -0.05) is 19.9 Å². The van der Waals surface area contributed by atoms with Gasteiger partial charge < -0.3 is 20.0 Å². The van der Waals surface area contributed by atoms with E-state index in [2.05, 4.69) is 49.9 Å². The molecule has 6 nitrogen and oxygen atoms in total. The summed E-state index contributed by atoms with van der Waals surface area (Å²) >= 11 is 0. The number of anilines is 1. The van der Waals surface area contributed by atoms with Crippen molar-refractivity contribution in [3.63, 3.8) is 0 Å². The van der Waals surface area contributed by atoms with E-state index in [-0.39, 0.29) is 24.0 Å². The van der Waals surface area contributed by atoms with Crippen molar-refractivity contribution in [1.82, 2.24) is 20.1 Å². The molecule has 2 rings (SSSR count). The second-order valence-electron chi connectivity index (χ2n) is 6.37. The highest BCUT2D eigenvalue weighted by Crippen LogP contribution is 2.12. The molecule has 148 valence electrons. The molecule has 0 unspecified atom stereocenters. The first kappa shape index (κ1) is 23.0. The highest BCUT2D eigenvalue weighted by molar-refractivity contribution is 14.0. The molecule has 1 saturated heterocycles. The van der Waals surface area contributed by atoms with Crippen LogP contribution in [0.5, 0.6) is 0 Å². The number of aromatic nitrogens is 1. The molecule has 7 heteroatoms. The van der Waals surface area contributed by atoms with Crippen molar-refractivity contribution >= 4 is 35.8 Å². The SMILES string of the molecule is CCN(CC)CCCCNC(=NC)N1CCN(c2ccccn2)CC1.I. The summed E-state index contributed by atoms with van der Waals surface area (Å²) < 4.78 is 0. The van der Waals surface area contributed by atoms with Crippen molar-refractivity contribution in [3.05, 3.63) is 24.4 Å². The predicted octanol–water partition coefficient (Wildman–Crippen LogP) is 2.52. The Bertz CT molecular complexity index is 498. The quantitative estimate of drug-likeness (QED) is 0.272. The first-order chi connectivity index (χ1) is 12.3. The number of nitrogens with zero attached hydrogens (tertiary/aromatic N) is 5. The fourth-order valence-corrected chi connectivity index (χ4v) is 3.22. The molecular weight excluding hydrogens is 439 g/mol. The Kier molecular flexibility index (Phi) is 11.6. The number of rotatable bonds is 8. The van der Waals surface area contributed by atoms with E-state index in [0.717, 1.165) is 57.6 Å². The topological polar surface area (TPSA) is 47.0 Å². The number of hydrogen-bond acceptors (Lipinski definition) is 4. The number of halogens is 1. The van der Waals surface area contributed by atoms with Crippen LogP contribution in [0.2, 0.25) is 0 Å². The Morgan fingerprint density at radius 2 is 1.88 bits per heavy atom. The molecule has 0 saturated carbocycles. The molecule has 1 N–H and O–H groups in total. The van der Waals surface area contributed by atoms with Gasteiger partial charge in [-0.05, 0) is 44.6 Å². The zero-order valence-corrected chi connectivity index (χ0v) is 18.9. The minimum Gasteiger partial charge on any atom is -0.356 e. The van der Waals surface area contributed by atoms with E-state index >= 15 is 0 Å². The van der Waals surface area contributed by atoms with E-state index in [9.17, 15) is 0 Å². The molecule has 0 aliphatic carbocycles. The van der Waals surface area contributed by atoms with Gasteiger partial charge in [0.25, 0.3) is 0 Å². The van der Waals surface area contributed by atoms with Gasteiger partial charge in [0.15, 0.2) is 5.96 Å². The van der Waals surface area contributed by atoms with E-state index in [1.165, 1.54) is 19.4 Å². The van der Waals surface area contributed by atoms with Crippen LogP contribution in [0.4, 0.5) is 5.82 Å². The van der Waals surface area contributed by atoms with Crippen LogP contribution in [0.15, 0.2) is 29.4 Å². The summed E-state index contributed by atoms with van der Waals surface area (Å²) in [7, 11) is 1.88. The van der Waals surface area contributed by atoms with E-state index < -0.39 is 0 Å². The Morgan fingerprint density at radius 3 is 2.46 bits per heavy atom. The number of guanidine groups is 1. The number of hydrogen-bond donors (Lipinski definition) is 1. The first-order valence-corrected chi connectivity index (χ1v) is 9.62. The van der Waals surface area contributed by atoms with Crippen LogP contribution in [0.25, 0.3) is 0 Å². The Labute approximate surface area is 176 Å². The average Bonchev–Trinajstić information content (AvgIpc) is 2.68. The number of aliphatic imine (C=N–C) groups is 1. The highest BCUT2D eigenvalue weighted by Gasteiger charge is 2.20. The van der Waals surface area contributed by atoms with Gasteiger partial charge in [0, 0.05) is 46.0 Å². The van der Waals surface area contributed by atoms with Gasteiger partial charge in [-0.25, -0.2) is 4.98 Å². The summed E-state index contributed by atoms with van der Waals surface area (Å²) in [6.45, 7) is 12.9. The zero-order valence-electron chi connectivity index (χ0n) is 16.5. The molecule has 1 aromatic heterocycles. The van der Waals surface area contributed by atoms with Crippen molar-refractivity contribution in [2.75, 3.05) is 64.3 Å². The molecule has 26 heavy (non-hydrogen) atoms. The molecule has 0 spiro atoms. The molecule has 0 amide bonds. The average molecular weight is 474 g/mol. The van der Waals surface area contributed by atoms with E-state index in [1.54, 1.807) is 0 Å². The maximum absolute atomic E-state index is 4.46. The predicted molar refractivity (Wildman–Crippen MR) is 122 cm³/mol. The molecule has 1 aliphatic rings. The number of piperazine rings is 1. The summed E-state index contributed by atoms with van der Waals surface area (Å²) in [6.07, 6.45) is 4.28. The number of nitrogens with one attached hydrogen (secondary N) is 1. The van der Waals surface area contributed by atoms with Crippen LogP contribution in [0, 0.1) is 0 Å². The molecule has 0 bridgehead atoms. The second kappa shape index (κ2) is 13.1. The van der Waals surface area contributed by atoms with E-state index in [0.29, 0.717) is 0 Å². The van der Waals surface area contributed by atoms with Crippen molar-refractivity contribution in [3.8, 4) is 0 Å². The van der Waals surface area contributed by atoms with Gasteiger partial charge in [-0.15, -0.1) is 24.0 Å². The molecule has 0 aromatic carbocycles. The highest BCUT2D eigenvalue weighted by atomic mass is 127. The van der Waals surface area contributed by atoms with Crippen molar-refractivity contribution in [2.24, 2.45) is 4.99 Å². The Balaban J connectivity index is 0.00000338. The van der Waals surface area contributed by atoms with Crippen LogP contribution in [-0.4, -0.2) is 80.1 Å². The maximum atomic E-state index is 4.46. The van der Waals surface area contributed by atoms with Crippen LogP contribution in [0.3, 0.4) is 0 Å². The van der Waals surface area contributed by atoms with Gasteiger partial charge in [-0.3, -0.25) is 4.99 Å². The molecule has 0 radical (unpaired) electrons. The summed E-state index contributed by atoms with van der Waals surface area (Å²) in [5.41, 5.74) is 0. The van der Waals surface area contributed by atoms with Crippen molar-refractivity contribution in [2.45, 2.75) is 26.7 Å². The molecule has 1 fully saturated rings. The summed E-state index contributed by atoms with van der Waals surface area (Å²) in [5.74, 6) is 2.10. The van der Waals surface area contributed by atoms with Crippen molar-refractivity contribution < 1.29 is 0 Å². The Morgan fingerprint density at radius 1 is 1.15 bits per heavy atom. The largest absolute Gasteiger partial charge is 0.356 e. The van der Waals surface area contributed by atoms with Crippen LogP contribution in [0.1, 0.15) is 26.7 Å². The molecule has 1 aliphatic heterocycles. The van der Waals surface area contributed by atoms with Gasteiger partial charge in [0.2, 0.25) is 0 Å². The second-order valence-corrected chi connectivity index (χ2v) is 6.37. The van der Waals surface area contributed by atoms with Crippen molar-refractivity contribution in [1.29, 1.82) is 0 Å². The van der Waals surface area contributed by atoms with Gasteiger partial charge in [-0.2, -0.15) is 0 Å². The van der Waals surface area contributed by atoms with Gasteiger partial charge in [0.05, 0.1) is 0 Å². The maximum Gasteiger partial charge on any atom is 0.193 e. The Hall–Kier alpha value is -1.09.